The van der Waals surface area contributed by atoms with Crippen molar-refractivity contribution in [1.82, 2.24) is 19.2 Å². The van der Waals surface area contributed by atoms with Gasteiger partial charge in [-0.3, -0.25) is 4.79 Å². The number of hydrogen-bond donors (Lipinski definition) is 2. The van der Waals surface area contributed by atoms with E-state index in [9.17, 15) is 13.2 Å². The number of nitrogens with two attached hydrogens (primary N) is 1. The third-order valence-electron chi connectivity index (χ3n) is 7.41. The Hall–Kier alpha value is -2.96. The van der Waals surface area contributed by atoms with Crippen LogP contribution in [0.5, 0.6) is 5.75 Å². The highest BCUT2D eigenvalue weighted by Crippen LogP contribution is 2.29. The van der Waals surface area contributed by atoms with Gasteiger partial charge in [0.1, 0.15) is 17.7 Å². The van der Waals surface area contributed by atoms with E-state index in [1.165, 1.54) is 18.4 Å². The summed E-state index contributed by atoms with van der Waals surface area (Å²) in [5.41, 5.74) is 8.09. The summed E-state index contributed by atoms with van der Waals surface area (Å²) in [5, 5.41) is 3.20. The lowest BCUT2D eigenvalue weighted by Gasteiger charge is -2.34. The number of nitrogens with one attached hydrogen (secondary N) is 1. The van der Waals surface area contributed by atoms with E-state index < -0.39 is 16.1 Å². The first-order valence-corrected chi connectivity index (χ1v) is 15.1. The Kier molecular flexibility index (Phi) is 9.29. The Balaban J connectivity index is 1.37. The zero-order valence-electron chi connectivity index (χ0n) is 23.4. The summed E-state index contributed by atoms with van der Waals surface area (Å²) in [6, 6.07) is 6.11. The lowest BCUT2D eigenvalue weighted by Crippen LogP contribution is -2.46. The van der Waals surface area contributed by atoms with Crippen LogP contribution in [0.1, 0.15) is 50.3 Å². The number of amides is 1. The van der Waals surface area contributed by atoms with Crippen LogP contribution in [0.15, 0.2) is 29.2 Å². The summed E-state index contributed by atoms with van der Waals surface area (Å²) in [4.78, 5) is 26.8. The summed E-state index contributed by atoms with van der Waals surface area (Å²) in [5.74, 6) is 2.09. The summed E-state index contributed by atoms with van der Waals surface area (Å²) in [7, 11) is 1.41. The molecule has 0 unspecified atom stereocenters. The smallest absolute Gasteiger partial charge is 0.242 e. The molecule has 0 radical (unpaired) electrons. The second kappa shape index (κ2) is 12.5. The van der Waals surface area contributed by atoms with Gasteiger partial charge in [-0.15, -0.1) is 0 Å². The van der Waals surface area contributed by atoms with E-state index in [-0.39, 0.29) is 16.9 Å². The Labute approximate surface area is 231 Å². The highest BCUT2D eigenvalue weighted by atomic mass is 32.2. The molecule has 1 fully saturated rings. The molecule has 0 spiro atoms. The number of carbonyl (C=O) groups is 1. The first kappa shape index (κ1) is 29.0. The van der Waals surface area contributed by atoms with Crippen molar-refractivity contribution in [3.8, 4) is 5.75 Å². The van der Waals surface area contributed by atoms with Gasteiger partial charge in [0, 0.05) is 65.6 Å². The molecular formula is C27H41N7O4S. The maximum atomic E-state index is 12.9. The minimum Gasteiger partial charge on any atom is -0.490 e. The highest BCUT2D eigenvalue weighted by molar-refractivity contribution is 7.89. The fourth-order valence-electron chi connectivity index (χ4n) is 4.99. The number of carbonyl (C=O) groups excluding carboxylic acids is 1. The quantitative estimate of drug-likeness (QED) is 0.449. The van der Waals surface area contributed by atoms with E-state index in [2.05, 4.69) is 17.1 Å². The van der Waals surface area contributed by atoms with Gasteiger partial charge in [-0.1, -0.05) is 19.8 Å². The van der Waals surface area contributed by atoms with Crippen molar-refractivity contribution >= 4 is 27.7 Å². The van der Waals surface area contributed by atoms with E-state index in [1.807, 2.05) is 11.9 Å². The fraction of sp³-hybridized carbons (Fsp3) is 0.593. The molecular weight excluding hydrogens is 518 g/mol. The molecule has 12 heteroatoms. The van der Waals surface area contributed by atoms with Crippen LogP contribution in [0.2, 0.25) is 0 Å². The molecule has 2 aromatic rings. The number of anilines is 2. The maximum absolute atomic E-state index is 12.9. The zero-order valence-corrected chi connectivity index (χ0v) is 24.2. The van der Waals surface area contributed by atoms with Gasteiger partial charge in [0.15, 0.2) is 0 Å². The van der Waals surface area contributed by atoms with Gasteiger partial charge in [-0.05, 0) is 30.7 Å². The number of benzene rings is 1. The Morgan fingerprint density at radius 3 is 2.49 bits per heavy atom. The molecule has 11 nitrogen and oxygen atoms in total. The van der Waals surface area contributed by atoms with Crippen molar-refractivity contribution in [2.24, 2.45) is 5.73 Å². The van der Waals surface area contributed by atoms with Crippen molar-refractivity contribution < 1.29 is 17.9 Å². The van der Waals surface area contributed by atoms with E-state index in [4.69, 9.17) is 20.4 Å². The van der Waals surface area contributed by atoms with Crippen LogP contribution >= 0.6 is 0 Å². The molecule has 0 aliphatic carbocycles. The van der Waals surface area contributed by atoms with Gasteiger partial charge in [0.05, 0.1) is 23.2 Å². The SMILES string of the molecule is CCCC[C@H](N)C(=O)N1CCc2nc(N3CCC(Oc4ccc(S(=O)(=O)N(C)C)cc4)CC3)nc(NC)c2C1. The molecule has 2 aliphatic heterocycles. The van der Waals surface area contributed by atoms with Crippen LogP contribution in [0.25, 0.3) is 0 Å². The standard InChI is InChI=1S/C27H41N7O4S/c1-5-6-7-23(28)26(35)34-17-14-24-22(18-34)25(29-2)31-27(30-24)33-15-12-20(13-16-33)38-19-8-10-21(11-9-19)39(36,37)32(3)4/h8-11,20,23H,5-7,12-18,28H2,1-4H3,(H,29,30,31)/t23-/m0/s1. The Bertz CT molecular complexity index is 1230. The number of sulfonamides is 1. The second-order valence-corrected chi connectivity index (χ2v) is 12.5. The number of ether oxygens (including phenoxy) is 1. The van der Waals surface area contributed by atoms with E-state index >= 15 is 0 Å². The molecule has 214 valence electrons. The summed E-state index contributed by atoms with van der Waals surface area (Å²) in [6.07, 6.45) is 4.96. The summed E-state index contributed by atoms with van der Waals surface area (Å²) >= 11 is 0. The third kappa shape index (κ3) is 6.62. The van der Waals surface area contributed by atoms with Crippen molar-refractivity contribution in [1.29, 1.82) is 0 Å². The number of unbranched alkanes of at least 4 members (excludes halogenated alkanes) is 1. The molecule has 0 bridgehead atoms. The van der Waals surface area contributed by atoms with Crippen LogP contribution < -0.4 is 20.7 Å². The molecule has 39 heavy (non-hydrogen) atoms. The van der Waals surface area contributed by atoms with Crippen LogP contribution in [-0.4, -0.2) is 86.4 Å². The number of fused-ring (bicyclic) bond motifs is 1. The van der Waals surface area contributed by atoms with E-state index in [0.717, 1.165) is 55.8 Å². The predicted molar refractivity (Wildman–Crippen MR) is 151 cm³/mol. The average molecular weight is 560 g/mol. The molecule has 1 saturated heterocycles. The van der Waals surface area contributed by atoms with Gasteiger partial charge in [-0.25, -0.2) is 17.7 Å². The maximum Gasteiger partial charge on any atom is 0.242 e. The molecule has 3 heterocycles. The van der Waals surface area contributed by atoms with E-state index in [0.29, 0.717) is 37.6 Å². The largest absolute Gasteiger partial charge is 0.490 e. The number of nitrogens with zero attached hydrogens (tertiary/aromatic N) is 5. The third-order valence-corrected chi connectivity index (χ3v) is 9.24. The minimum atomic E-state index is -3.46. The van der Waals surface area contributed by atoms with Crippen molar-refractivity contribution in [2.45, 2.75) is 69.0 Å². The van der Waals surface area contributed by atoms with Gasteiger partial charge in [-0.2, -0.15) is 4.98 Å². The van der Waals surface area contributed by atoms with Crippen LogP contribution in [0, 0.1) is 0 Å². The zero-order chi connectivity index (χ0) is 28.2. The molecule has 1 amide bonds. The summed E-state index contributed by atoms with van der Waals surface area (Å²) < 4.78 is 31.9. The molecule has 0 saturated carbocycles. The van der Waals surface area contributed by atoms with Gasteiger partial charge >= 0.3 is 0 Å². The van der Waals surface area contributed by atoms with Crippen molar-refractivity contribution in [2.75, 3.05) is 51.0 Å². The molecule has 1 aromatic carbocycles. The number of rotatable bonds is 10. The molecule has 3 N–H and O–H groups in total. The molecule has 4 rings (SSSR count). The molecule has 2 aliphatic rings. The average Bonchev–Trinajstić information content (AvgIpc) is 2.95. The first-order valence-electron chi connectivity index (χ1n) is 13.7. The second-order valence-electron chi connectivity index (χ2n) is 10.4. The number of aromatic nitrogens is 2. The Morgan fingerprint density at radius 2 is 1.87 bits per heavy atom. The Morgan fingerprint density at radius 1 is 1.18 bits per heavy atom. The van der Waals surface area contributed by atoms with Crippen LogP contribution in [-0.2, 0) is 27.8 Å². The van der Waals surface area contributed by atoms with Gasteiger partial charge < -0.3 is 25.6 Å². The normalized spacial score (nSPS) is 17.2. The number of hydrogen-bond acceptors (Lipinski definition) is 9. The first-order chi connectivity index (χ1) is 18.6. The molecule has 1 aromatic heterocycles. The fourth-order valence-corrected chi connectivity index (χ4v) is 5.89. The van der Waals surface area contributed by atoms with Crippen LogP contribution in [0.4, 0.5) is 11.8 Å². The summed E-state index contributed by atoms with van der Waals surface area (Å²) in [6.45, 7) is 4.66. The van der Waals surface area contributed by atoms with Gasteiger partial charge in [0.2, 0.25) is 21.9 Å². The number of piperidine rings is 1. The van der Waals surface area contributed by atoms with Crippen molar-refractivity contribution in [3.63, 3.8) is 0 Å². The van der Waals surface area contributed by atoms with Crippen LogP contribution in [0.3, 0.4) is 0 Å². The molecule has 1 atom stereocenters. The lowest BCUT2D eigenvalue weighted by atomic mass is 10.0. The van der Waals surface area contributed by atoms with Gasteiger partial charge in [0.25, 0.3) is 0 Å². The predicted octanol–water partition coefficient (Wildman–Crippen LogP) is 2.22. The van der Waals surface area contributed by atoms with Crippen molar-refractivity contribution in [3.05, 3.63) is 35.5 Å². The topological polar surface area (TPSA) is 134 Å². The highest BCUT2D eigenvalue weighted by Gasteiger charge is 2.30. The van der Waals surface area contributed by atoms with E-state index in [1.54, 1.807) is 24.3 Å². The lowest BCUT2D eigenvalue weighted by molar-refractivity contribution is -0.133. The minimum absolute atomic E-state index is 0.00346. The monoisotopic (exact) mass is 559 g/mol.